The van der Waals surface area contributed by atoms with E-state index >= 15 is 0 Å². The van der Waals surface area contributed by atoms with Gasteiger partial charge in [0.05, 0.1) is 11.8 Å². The summed E-state index contributed by atoms with van der Waals surface area (Å²) in [6, 6.07) is 10.9. The van der Waals surface area contributed by atoms with Gasteiger partial charge in [0.15, 0.2) is 0 Å². The van der Waals surface area contributed by atoms with Gasteiger partial charge in [0.25, 0.3) is 5.91 Å². The lowest BCUT2D eigenvalue weighted by Crippen LogP contribution is -2.36. The Balaban J connectivity index is 2.13. The smallest absolute Gasteiger partial charge is 0.351 e. The molecule has 0 aromatic heterocycles. The third-order valence-corrected chi connectivity index (χ3v) is 4.70. The summed E-state index contributed by atoms with van der Waals surface area (Å²) in [4.78, 5) is 12.4. The Morgan fingerprint density at radius 3 is 2.21 bits per heavy atom. The van der Waals surface area contributed by atoms with Crippen LogP contribution in [0.25, 0.3) is 0 Å². The van der Waals surface area contributed by atoms with Crippen LogP contribution in [-0.2, 0) is 21.6 Å². The first-order valence-electron chi connectivity index (χ1n) is 8.32. The molecule has 0 bridgehead atoms. The monoisotopic (exact) mass is 414 g/mol. The SMILES string of the molecule is CC(C)(CNC(=O)c1cccc(NS(C)(=O)=O)c1)c1cccc(C(F)(F)F)c1. The molecule has 0 saturated heterocycles. The van der Waals surface area contributed by atoms with Crippen LogP contribution in [0, 0.1) is 0 Å². The van der Waals surface area contributed by atoms with Crippen LogP contribution < -0.4 is 10.0 Å². The second-order valence-corrected chi connectivity index (χ2v) is 8.85. The van der Waals surface area contributed by atoms with Crippen molar-refractivity contribution >= 4 is 21.6 Å². The second-order valence-electron chi connectivity index (χ2n) is 7.10. The lowest BCUT2D eigenvalue weighted by Gasteiger charge is -2.26. The summed E-state index contributed by atoms with van der Waals surface area (Å²) < 4.78 is 63.7. The van der Waals surface area contributed by atoms with Gasteiger partial charge in [-0.05, 0) is 29.8 Å². The molecule has 2 aromatic carbocycles. The maximum Gasteiger partial charge on any atom is 0.416 e. The molecule has 2 aromatic rings. The second kappa shape index (κ2) is 7.83. The van der Waals surface area contributed by atoms with Crippen molar-refractivity contribution in [1.29, 1.82) is 0 Å². The summed E-state index contributed by atoms with van der Waals surface area (Å²) in [5.74, 6) is -0.461. The number of sulfonamides is 1. The van der Waals surface area contributed by atoms with Crippen molar-refractivity contribution in [3.05, 3.63) is 65.2 Å². The van der Waals surface area contributed by atoms with Crippen molar-refractivity contribution in [3.8, 4) is 0 Å². The molecule has 0 aliphatic rings. The topological polar surface area (TPSA) is 75.3 Å². The Morgan fingerprint density at radius 2 is 1.61 bits per heavy atom. The van der Waals surface area contributed by atoms with E-state index in [9.17, 15) is 26.4 Å². The maximum absolute atomic E-state index is 12.9. The number of amides is 1. The van der Waals surface area contributed by atoms with Crippen LogP contribution in [0.15, 0.2) is 48.5 Å². The van der Waals surface area contributed by atoms with Crippen LogP contribution in [0.5, 0.6) is 0 Å². The molecule has 0 fully saturated rings. The molecule has 9 heteroatoms. The molecule has 0 unspecified atom stereocenters. The maximum atomic E-state index is 12.9. The van der Waals surface area contributed by atoms with Gasteiger partial charge in [-0.1, -0.05) is 38.1 Å². The third-order valence-electron chi connectivity index (χ3n) is 4.09. The summed E-state index contributed by atoms with van der Waals surface area (Å²) in [5.41, 5.74) is -0.584. The molecule has 2 rings (SSSR count). The Labute approximate surface area is 162 Å². The average molecular weight is 414 g/mol. The number of carbonyl (C=O) groups is 1. The highest BCUT2D eigenvalue weighted by molar-refractivity contribution is 7.92. The van der Waals surface area contributed by atoms with E-state index in [1.54, 1.807) is 19.9 Å². The van der Waals surface area contributed by atoms with Gasteiger partial charge < -0.3 is 5.32 Å². The summed E-state index contributed by atoms with van der Waals surface area (Å²) in [6.07, 6.45) is -3.44. The largest absolute Gasteiger partial charge is 0.416 e. The van der Waals surface area contributed by atoms with Crippen molar-refractivity contribution < 1.29 is 26.4 Å². The molecule has 0 atom stereocenters. The lowest BCUT2D eigenvalue weighted by molar-refractivity contribution is -0.137. The molecule has 1 amide bonds. The summed E-state index contributed by atoms with van der Waals surface area (Å²) >= 11 is 0. The fourth-order valence-corrected chi connectivity index (χ4v) is 3.11. The Hall–Kier alpha value is -2.55. The van der Waals surface area contributed by atoms with Gasteiger partial charge in [-0.15, -0.1) is 0 Å². The van der Waals surface area contributed by atoms with Crippen LogP contribution in [0.4, 0.5) is 18.9 Å². The van der Waals surface area contributed by atoms with E-state index in [0.717, 1.165) is 18.4 Å². The van der Waals surface area contributed by atoms with Crippen molar-refractivity contribution in [3.63, 3.8) is 0 Å². The normalized spacial score (nSPS) is 12.5. The fourth-order valence-electron chi connectivity index (χ4n) is 2.56. The number of carbonyl (C=O) groups excluding carboxylic acids is 1. The molecule has 0 saturated carbocycles. The molecule has 0 heterocycles. The van der Waals surface area contributed by atoms with Gasteiger partial charge in [0, 0.05) is 23.2 Å². The zero-order valence-corrected chi connectivity index (χ0v) is 16.4. The fraction of sp³-hybridized carbons (Fsp3) is 0.316. The van der Waals surface area contributed by atoms with Gasteiger partial charge in [0.1, 0.15) is 0 Å². The molecule has 152 valence electrons. The zero-order chi connectivity index (χ0) is 21.2. The highest BCUT2D eigenvalue weighted by Crippen LogP contribution is 2.32. The minimum absolute atomic E-state index is 0.0941. The van der Waals surface area contributed by atoms with Crippen LogP contribution in [0.1, 0.15) is 35.3 Å². The first-order valence-corrected chi connectivity index (χ1v) is 10.2. The Morgan fingerprint density at radius 1 is 1.00 bits per heavy atom. The highest BCUT2D eigenvalue weighted by atomic mass is 32.2. The number of benzene rings is 2. The van der Waals surface area contributed by atoms with E-state index in [1.165, 1.54) is 30.3 Å². The first kappa shape index (κ1) is 21.7. The minimum Gasteiger partial charge on any atom is -0.351 e. The predicted molar refractivity (Wildman–Crippen MR) is 102 cm³/mol. The van der Waals surface area contributed by atoms with Crippen molar-refractivity contribution in [2.75, 3.05) is 17.5 Å². The van der Waals surface area contributed by atoms with E-state index in [4.69, 9.17) is 0 Å². The molecule has 0 spiro atoms. The highest BCUT2D eigenvalue weighted by Gasteiger charge is 2.32. The van der Waals surface area contributed by atoms with Crippen molar-refractivity contribution in [2.45, 2.75) is 25.4 Å². The predicted octanol–water partition coefficient (Wildman–Crippen LogP) is 3.78. The molecule has 5 nitrogen and oxygen atoms in total. The quantitative estimate of drug-likeness (QED) is 0.755. The summed E-state index contributed by atoms with van der Waals surface area (Å²) in [5, 5.41) is 2.69. The van der Waals surface area contributed by atoms with E-state index in [1.807, 2.05) is 0 Å². The van der Waals surface area contributed by atoms with Gasteiger partial charge in [-0.2, -0.15) is 13.2 Å². The number of anilines is 1. The van der Waals surface area contributed by atoms with E-state index in [0.29, 0.717) is 5.56 Å². The van der Waals surface area contributed by atoms with Gasteiger partial charge in [0.2, 0.25) is 10.0 Å². The van der Waals surface area contributed by atoms with Gasteiger partial charge in [-0.25, -0.2) is 8.42 Å². The number of halogens is 3. The molecule has 2 N–H and O–H groups in total. The summed E-state index contributed by atoms with van der Waals surface area (Å²) in [6.45, 7) is 3.55. The van der Waals surface area contributed by atoms with Gasteiger partial charge in [-0.3, -0.25) is 9.52 Å². The van der Waals surface area contributed by atoms with Crippen molar-refractivity contribution in [2.24, 2.45) is 0 Å². The van der Waals surface area contributed by atoms with Crippen LogP contribution >= 0.6 is 0 Å². The number of alkyl halides is 3. The molecule has 0 aliphatic heterocycles. The molecule has 0 aliphatic carbocycles. The number of hydrogen-bond acceptors (Lipinski definition) is 3. The van der Waals surface area contributed by atoms with Crippen molar-refractivity contribution in [1.82, 2.24) is 5.32 Å². The van der Waals surface area contributed by atoms with E-state index in [-0.39, 0.29) is 17.8 Å². The molecule has 28 heavy (non-hydrogen) atoms. The Kier molecular flexibility index (Phi) is 6.08. The van der Waals surface area contributed by atoms with Crippen LogP contribution in [-0.4, -0.2) is 27.1 Å². The van der Waals surface area contributed by atoms with Crippen LogP contribution in [0.2, 0.25) is 0 Å². The average Bonchev–Trinajstić information content (AvgIpc) is 2.58. The molecule has 0 radical (unpaired) electrons. The summed E-state index contributed by atoms with van der Waals surface area (Å²) in [7, 11) is -3.48. The van der Waals surface area contributed by atoms with E-state index in [2.05, 4.69) is 10.0 Å². The Bertz CT molecular complexity index is 970. The molecular formula is C19H21F3N2O3S. The number of rotatable bonds is 6. The van der Waals surface area contributed by atoms with E-state index < -0.39 is 33.1 Å². The lowest BCUT2D eigenvalue weighted by atomic mass is 9.83. The zero-order valence-electron chi connectivity index (χ0n) is 15.6. The third kappa shape index (κ3) is 5.98. The standard InChI is InChI=1S/C19H21F3N2O3S/c1-18(2,14-7-5-8-15(11-14)19(20,21)22)12-23-17(25)13-6-4-9-16(10-13)24-28(3,26)27/h4-11,24H,12H2,1-3H3,(H,23,25). The first-order chi connectivity index (χ1) is 12.8. The van der Waals surface area contributed by atoms with Gasteiger partial charge >= 0.3 is 6.18 Å². The number of nitrogens with one attached hydrogen (secondary N) is 2. The van der Waals surface area contributed by atoms with Crippen LogP contribution in [0.3, 0.4) is 0 Å². The number of hydrogen-bond donors (Lipinski definition) is 2. The minimum atomic E-state index is -4.44. The molecular weight excluding hydrogens is 393 g/mol.